The molecule has 6 unspecified atom stereocenters. The first-order chi connectivity index (χ1) is 18.0. The third-order valence-electron chi connectivity index (χ3n) is 9.64. The lowest BCUT2D eigenvalue weighted by molar-refractivity contribution is -0.142. The van der Waals surface area contributed by atoms with Gasteiger partial charge in [-0.3, -0.25) is 30.4 Å². The lowest BCUT2D eigenvalue weighted by Crippen LogP contribution is -2.72. The number of ether oxygens (including phenoxy) is 1. The molecule has 210 valence electrons. The van der Waals surface area contributed by atoms with Crippen LogP contribution in [0.1, 0.15) is 64.2 Å². The fourth-order valence-corrected chi connectivity index (χ4v) is 7.63. The van der Waals surface area contributed by atoms with E-state index < -0.39 is 0 Å². The molecule has 0 aromatic rings. The summed E-state index contributed by atoms with van der Waals surface area (Å²) < 4.78 is 5.50. The monoisotopic (exact) mass is 519 g/mol. The molecule has 2 aliphatic carbocycles. The summed E-state index contributed by atoms with van der Waals surface area (Å²) in [6.07, 6.45) is 11.2. The van der Waals surface area contributed by atoms with Gasteiger partial charge >= 0.3 is 0 Å². The maximum absolute atomic E-state index is 13.6. The molecule has 0 spiro atoms. The first-order valence-corrected chi connectivity index (χ1v) is 14.9. The van der Waals surface area contributed by atoms with Crippen molar-refractivity contribution in [3.05, 3.63) is 0 Å². The number of hydrogen-bond donors (Lipinski definition) is 5. The molecule has 0 radical (unpaired) electrons. The zero-order valence-electron chi connectivity index (χ0n) is 22.4. The molecule has 0 aromatic heterocycles. The molecule has 2 amide bonds. The Morgan fingerprint density at radius 3 is 2.43 bits per heavy atom. The van der Waals surface area contributed by atoms with E-state index in [4.69, 9.17) is 16.2 Å². The van der Waals surface area contributed by atoms with Crippen LogP contribution in [-0.4, -0.2) is 92.1 Å². The highest BCUT2D eigenvalue weighted by molar-refractivity contribution is 5.79. The standard InChI is InChI=1S/C27H49N7O3/c28-21-7-4-8-34(17-21)27-30-16-23(24(29)35)25(32-27)31-22-14-19(18-5-2-1-3-6-18)13-20(15-22)26(36)33-9-11-37-12-10-33/h18-23,25,27,30-32H,1-17,28H2,(H2,29,35)/t19?,20?,21-,22?,23?,25?,27?/m0/s1. The summed E-state index contributed by atoms with van der Waals surface area (Å²) in [6, 6.07) is 0.358. The predicted molar refractivity (Wildman–Crippen MR) is 142 cm³/mol. The van der Waals surface area contributed by atoms with Crippen molar-refractivity contribution in [3.8, 4) is 0 Å². The number of morpholine rings is 1. The molecule has 3 heterocycles. The third kappa shape index (κ3) is 6.83. The van der Waals surface area contributed by atoms with Crippen LogP contribution in [-0.2, 0) is 14.3 Å². The van der Waals surface area contributed by atoms with Crippen molar-refractivity contribution >= 4 is 11.8 Å². The van der Waals surface area contributed by atoms with E-state index in [9.17, 15) is 9.59 Å². The SMILES string of the molecule is NC(=O)C1CNC(N2CCC[C@H](N)C2)NC1NC1CC(C(=O)N2CCOCC2)CC(C2CCCCC2)C1. The van der Waals surface area contributed by atoms with E-state index in [-0.39, 0.29) is 42.3 Å². The first kappa shape index (κ1) is 27.3. The van der Waals surface area contributed by atoms with E-state index in [1.807, 2.05) is 4.90 Å². The Hall–Kier alpha value is -1.30. The number of nitrogens with two attached hydrogens (primary N) is 2. The molecule has 10 nitrogen and oxygen atoms in total. The van der Waals surface area contributed by atoms with Gasteiger partial charge in [0.2, 0.25) is 11.8 Å². The van der Waals surface area contributed by atoms with E-state index in [0.29, 0.717) is 50.6 Å². The minimum Gasteiger partial charge on any atom is -0.378 e. The maximum atomic E-state index is 13.6. The number of rotatable bonds is 6. The largest absolute Gasteiger partial charge is 0.378 e. The van der Waals surface area contributed by atoms with Gasteiger partial charge in [0.1, 0.15) is 6.29 Å². The number of amides is 2. The van der Waals surface area contributed by atoms with Crippen molar-refractivity contribution in [2.75, 3.05) is 45.9 Å². The lowest BCUT2D eigenvalue weighted by Gasteiger charge is -2.47. The van der Waals surface area contributed by atoms with Gasteiger partial charge < -0.3 is 21.1 Å². The smallest absolute Gasteiger partial charge is 0.225 e. The number of carbonyl (C=O) groups is 2. The highest BCUT2D eigenvalue weighted by Gasteiger charge is 2.42. The molecule has 0 bridgehead atoms. The van der Waals surface area contributed by atoms with E-state index in [1.54, 1.807) is 0 Å². The van der Waals surface area contributed by atoms with Crippen LogP contribution in [0.5, 0.6) is 0 Å². The van der Waals surface area contributed by atoms with Crippen LogP contribution in [0.25, 0.3) is 0 Å². The van der Waals surface area contributed by atoms with Crippen LogP contribution >= 0.6 is 0 Å². The maximum Gasteiger partial charge on any atom is 0.225 e. The summed E-state index contributed by atoms with van der Waals surface area (Å²) in [7, 11) is 0. The van der Waals surface area contributed by atoms with Gasteiger partial charge in [0.05, 0.1) is 25.3 Å². The van der Waals surface area contributed by atoms with Gasteiger partial charge in [-0.25, -0.2) is 0 Å². The summed E-state index contributed by atoms with van der Waals surface area (Å²) in [4.78, 5) is 30.4. The van der Waals surface area contributed by atoms with E-state index in [2.05, 4.69) is 20.9 Å². The Balaban J connectivity index is 1.29. The predicted octanol–water partition coefficient (Wildman–Crippen LogP) is 0.127. The average Bonchev–Trinajstić information content (AvgIpc) is 2.93. The second kappa shape index (κ2) is 12.7. The molecule has 5 aliphatic rings. The summed E-state index contributed by atoms with van der Waals surface area (Å²) in [6.45, 7) is 5.00. The number of carbonyl (C=O) groups excluding carboxylic acids is 2. The zero-order chi connectivity index (χ0) is 25.8. The lowest BCUT2D eigenvalue weighted by atomic mass is 9.68. The quantitative estimate of drug-likeness (QED) is 0.334. The molecule has 3 aliphatic heterocycles. The van der Waals surface area contributed by atoms with Crippen LogP contribution in [0.15, 0.2) is 0 Å². The second-order valence-corrected chi connectivity index (χ2v) is 12.2. The van der Waals surface area contributed by atoms with Crippen LogP contribution in [0.3, 0.4) is 0 Å². The highest BCUT2D eigenvalue weighted by Crippen LogP contribution is 2.41. The summed E-state index contributed by atoms with van der Waals surface area (Å²) in [5.74, 6) is 0.923. The van der Waals surface area contributed by atoms with E-state index >= 15 is 0 Å². The Bertz CT molecular complexity index is 773. The number of piperidine rings is 1. The van der Waals surface area contributed by atoms with Crippen LogP contribution < -0.4 is 27.4 Å². The van der Waals surface area contributed by atoms with Gasteiger partial charge in [-0.1, -0.05) is 32.1 Å². The molecule has 10 heteroatoms. The second-order valence-electron chi connectivity index (χ2n) is 12.2. The fourth-order valence-electron chi connectivity index (χ4n) is 7.63. The number of nitrogens with zero attached hydrogens (tertiary/aromatic N) is 2. The van der Waals surface area contributed by atoms with Crippen molar-refractivity contribution in [3.63, 3.8) is 0 Å². The van der Waals surface area contributed by atoms with Gasteiger partial charge in [0.15, 0.2) is 0 Å². The summed E-state index contributed by atoms with van der Waals surface area (Å²) in [5.41, 5.74) is 12.1. The molecular formula is C27H49N7O3. The van der Waals surface area contributed by atoms with Crippen molar-refractivity contribution < 1.29 is 14.3 Å². The van der Waals surface area contributed by atoms with Gasteiger partial charge in [0, 0.05) is 50.7 Å². The molecule has 7 atom stereocenters. The topological polar surface area (TPSA) is 138 Å². The number of hydrogen-bond acceptors (Lipinski definition) is 8. The van der Waals surface area contributed by atoms with Gasteiger partial charge in [-0.15, -0.1) is 0 Å². The number of primary amides is 1. The Morgan fingerprint density at radius 1 is 0.919 bits per heavy atom. The zero-order valence-corrected chi connectivity index (χ0v) is 22.4. The average molecular weight is 520 g/mol. The Labute approximate surface area is 221 Å². The molecule has 3 saturated heterocycles. The molecule has 2 saturated carbocycles. The van der Waals surface area contributed by atoms with Crippen molar-refractivity contribution in [2.24, 2.45) is 35.1 Å². The van der Waals surface area contributed by atoms with Crippen molar-refractivity contribution in [1.82, 2.24) is 25.8 Å². The van der Waals surface area contributed by atoms with Gasteiger partial charge in [-0.05, 0) is 43.9 Å². The first-order valence-electron chi connectivity index (χ1n) is 14.9. The van der Waals surface area contributed by atoms with Gasteiger partial charge in [-0.2, -0.15) is 0 Å². The molecule has 5 rings (SSSR count). The van der Waals surface area contributed by atoms with Crippen molar-refractivity contribution in [1.29, 1.82) is 0 Å². The Morgan fingerprint density at radius 2 is 1.70 bits per heavy atom. The number of nitrogens with one attached hydrogen (secondary N) is 3. The number of likely N-dealkylation sites (tertiary alicyclic amines) is 1. The van der Waals surface area contributed by atoms with E-state index in [1.165, 1.54) is 32.1 Å². The van der Waals surface area contributed by atoms with Crippen LogP contribution in [0, 0.1) is 23.7 Å². The minimum atomic E-state index is -0.349. The molecule has 5 fully saturated rings. The fraction of sp³-hybridized carbons (Fsp3) is 0.926. The van der Waals surface area contributed by atoms with Crippen LogP contribution in [0.4, 0.5) is 0 Å². The molecule has 0 aromatic carbocycles. The highest BCUT2D eigenvalue weighted by atomic mass is 16.5. The summed E-state index contributed by atoms with van der Waals surface area (Å²) >= 11 is 0. The van der Waals surface area contributed by atoms with E-state index in [0.717, 1.165) is 45.2 Å². The molecule has 37 heavy (non-hydrogen) atoms. The summed E-state index contributed by atoms with van der Waals surface area (Å²) in [5, 5.41) is 11.0. The normalized spacial score (nSPS) is 38.8. The third-order valence-corrected chi connectivity index (χ3v) is 9.64. The molecule has 7 N–H and O–H groups in total. The van der Waals surface area contributed by atoms with Gasteiger partial charge in [0.25, 0.3) is 0 Å². The van der Waals surface area contributed by atoms with Crippen LogP contribution in [0.2, 0.25) is 0 Å². The molecular weight excluding hydrogens is 470 g/mol. The van der Waals surface area contributed by atoms with Crippen molar-refractivity contribution in [2.45, 2.75) is 88.7 Å². The Kier molecular flexibility index (Phi) is 9.36. The minimum absolute atomic E-state index is 0.0286.